The van der Waals surface area contributed by atoms with E-state index in [2.05, 4.69) is 18.1 Å². The van der Waals surface area contributed by atoms with Gasteiger partial charge in [0.15, 0.2) is 6.23 Å². The summed E-state index contributed by atoms with van der Waals surface area (Å²) < 4.78 is 52.7. The fourth-order valence-electron chi connectivity index (χ4n) is 3.03. The van der Waals surface area contributed by atoms with Gasteiger partial charge in [0.2, 0.25) is 5.79 Å². The molecule has 0 bridgehead atoms. The fourth-order valence-corrected chi connectivity index (χ4v) is 6.25. The van der Waals surface area contributed by atoms with Crippen LogP contribution in [0.3, 0.4) is 0 Å². The number of aromatic nitrogens is 2. The number of ether oxygens (including phenoxy) is 1. The molecule has 9 N–H and O–H groups in total. The Morgan fingerprint density at radius 2 is 1.83 bits per heavy atom. The predicted molar refractivity (Wildman–Crippen MR) is 108 cm³/mol. The molecule has 0 saturated carbocycles. The van der Waals surface area contributed by atoms with Crippen molar-refractivity contribution in [3.63, 3.8) is 0 Å². The molecule has 35 heavy (non-hydrogen) atoms. The summed E-state index contributed by atoms with van der Waals surface area (Å²) in [4.78, 5) is 64.4. The highest BCUT2D eigenvalue weighted by atomic mass is 31.3. The first-order valence-corrected chi connectivity index (χ1v) is 13.5. The molecule has 2 heterocycles. The molecule has 23 heteroatoms. The number of aliphatic hydroxyl groups excluding tert-OH is 2. The minimum Gasteiger partial charge on any atom is -0.480 e. The average Bonchev–Trinajstić information content (AvgIpc) is 2.63. The molecule has 200 valence electrons. The zero-order valence-corrected chi connectivity index (χ0v) is 19.9. The van der Waals surface area contributed by atoms with Gasteiger partial charge < -0.3 is 45.4 Å². The van der Waals surface area contributed by atoms with Crippen molar-refractivity contribution < 1.29 is 71.3 Å². The second kappa shape index (κ2) is 10.8. The number of phosphoric acid groups is 3. The Labute approximate surface area is 194 Å². The highest BCUT2D eigenvalue weighted by molar-refractivity contribution is 7.66. The number of anilines is 1. The van der Waals surface area contributed by atoms with Gasteiger partial charge >= 0.3 is 35.1 Å². The number of nitrogens with two attached hydrogens (primary N) is 1. The van der Waals surface area contributed by atoms with Crippen molar-refractivity contribution in [2.24, 2.45) is 0 Å². The third-order valence-electron chi connectivity index (χ3n) is 4.17. The number of nitrogen functional groups attached to an aromatic ring is 1. The van der Waals surface area contributed by atoms with Crippen LogP contribution < -0.4 is 11.4 Å². The summed E-state index contributed by atoms with van der Waals surface area (Å²) in [7, 11) is -17.6. The average molecular weight is 570 g/mol. The molecular weight excluding hydrogens is 549 g/mol. The van der Waals surface area contributed by atoms with E-state index in [4.69, 9.17) is 20.3 Å². The topological polar surface area (TPSA) is 311 Å². The van der Waals surface area contributed by atoms with Crippen molar-refractivity contribution in [3.05, 3.63) is 22.7 Å². The van der Waals surface area contributed by atoms with Crippen LogP contribution in [-0.4, -0.2) is 93.4 Å². The van der Waals surface area contributed by atoms with Crippen LogP contribution in [0.1, 0.15) is 6.23 Å². The van der Waals surface area contributed by atoms with E-state index < -0.39 is 79.5 Å². The van der Waals surface area contributed by atoms with Crippen molar-refractivity contribution in [1.82, 2.24) is 14.5 Å². The Morgan fingerprint density at radius 3 is 2.31 bits per heavy atom. The number of nitrogens with zero attached hydrogens (tertiary/aromatic N) is 3. The lowest BCUT2D eigenvalue weighted by molar-refractivity contribution is -0.307. The molecule has 1 fully saturated rings. The SMILES string of the molecule is Nc1ccn(C2OC(CO)(OP(=O)(O)OP(=O)(O)OP(=O)(O)O)CN(CC(=O)O)C2CO)c(=O)n1. The summed E-state index contributed by atoms with van der Waals surface area (Å²) in [6.45, 7) is -4.04. The smallest absolute Gasteiger partial charge is 0.480 e. The van der Waals surface area contributed by atoms with Crippen LogP contribution in [0, 0.1) is 0 Å². The first-order valence-electron chi connectivity index (χ1n) is 8.96. The van der Waals surface area contributed by atoms with Crippen molar-refractivity contribution >= 4 is 35.3 Å². The van der Waals surface area contributed by atoms with Crippen LogP contribution in [0.5, 0.6) is 0 Å². The van der Waals surface area contributed by atoms with E-state index >= 15 is 0 Å². The summed E-state index contributed by atoms with van der Waals surface area (Å²) in [5, 5.41) is 28.9. The summed E-state index contributed by atoms with van der Waals surface area (Å²) in [6.07, 6.45) is -0.747. The molecule has 0 radical (unpaired) electrons. The van der Waals surface area contributed by atoms with Gasteiger partial charge in [-0.3, -0.25) is 14.3 Å². The highest BCUT2D eigenvalue weighted by Crippen LogP contribution is 2.67. The highest BCUT2D eigenvalue weighted by Gasteiger charge is 2.53. The second-order valence-corrected chi connectivity index (χ2v) is 11.2. The van der Waals surface area contributed by atoms with E-state index in [9.17, 15) is 48.4 Å². The van der Waals surface area contributed by atoms with Gasteiger partial charge in [0.25, 0.3) is 0 Å². The Hall–Kier alpha value is -1.60. The predicted octanol–water partition coefficient (Wildman–Crippen LogP) is -2.87. The van der Waals surface area contributed by atoms with Gasteiger partial charge in [-0.05, 0) is 6.07 Å². The molecule has 1 aliphatic rings. The molecule has 20 nitrogen and oxygen atoms in total. The summed E-state index contributed by atoms with van der Waals surface area (Å²) >= 11 is 0. The van der Waals surface area contributed by atoms with Gasteiger partial charge in [0.1, 0.15) is 5.82 Å². The lowest BCUT2D eigenvalue weighted by atomic mass is 10.1. The van der Waals surface area contributed by atoms with Gasteiger partial charge in [-0.15, -0.1) is 0 Å². The third-order valence-corrected chi connectivity index (χ3v) is 8.06. The molecule has 2 rings (SSSR count). The summed E-state index contributed by atoms with van der Waals surface area (Å²) in [6, 6.07) is -0.239. The number of carboxylic acids is 1. The minimum absolute atomic E-state index is 0.230. The number of hydrogen-bond donors (Lipinski definition) is 8. The maximum atomic E-state index is 12.4. The molecule has 0 spiro atoms. The van der Waals surface area contributed by atoms with Crippen molar-refractivity contribution in [2.75, 3.05) is 32.0 Å². The number of phosphoric ester groups is 1. The van der Waals surface area contributed by atoms with E-state index in [-0.39, 0.29) is 5.82 Å². The minimum atomic E-state index is -5.95. The Kier molecular flexibility index (Phi) is 9.14. The molecular formula is C12H21N4O16P3. The van der Waals surface area contributed by atoms with E-state index in [0.717, 1.165) is 17.2 Å². The van der Waals surface area contributed by atoms with Crippen LogP contribution in [0.25, 0.3) is 0 Å². The van der Waals surface area contributed by atoms with Gasteiger partial charge in [-0.2, -0.15) is 13.6 Å². The molecule has 1 saturated heterocycles. The number of aliphatic carboxylic acids is 1. The van der Waals surface area contributed by atoms with E-state index in [0.29, 0.717) is 4.57 Å². The zero-order valence-electron chi connectivity index (χ0n) is 17.2. The Morgan fingerprint density at radius 1 is 1.20 bits per heavy atom. The fraction of sp³-hybridized carbons (Fsp3) is 0.583. The quantitative estimate of drug-likeness (QED) is 0.124. The first kappa shape index (κ1) is 29.6. The summed E-state index contributed by atoms with van der Waals surface area (Å²) in [5.41, 5.74) is 4.32. The van der Waals surface area contributed by atoms with Crippen molar-refractivity contribution in [1.29, 1.82) is 0 Å². The number of carboxylic acid groups (broad SMARTS) is 1. The third kappa shape index (κ3) is 8.21. The second-order valence-electron chi connectivity index (χ2n) is 6.85. The van der Waals surface area contributed by atoms with Crippen LogP contribution in [0.2, 0.25) is 0 Å². The molecule has 5 atom stereocenters. The Bertz CT molecular complexity index is 1140. The van der Waals surface area contributed by atoms with E-state index in [1.54, 1.807) is 0 Å². The van der Waals surface area contributed by atoms with Gasteiger partial charge in [0.05, 0.1) is 32.3 Å². The molecule has 0 aromatic carbocycles. The van der Waals surface area contributed by atoms with E-state index in [1.807, 2.05) is 0 Å². The molecule has 1 aliphatic heterocycles. The monoisotopic (exact) mass is 570 g/mol. The molecule has 1 aromatic heterocycles. The van der Waals surface area contributed by atoms with Crippen molar-refractivity contribution in [3.8, 4) is 0 Å². The van der Waals surface area contributed by atoms with Crippen molar-refractivity contribution in [2.45, 2.75) is 18.1 Å². The lowest BCUT2D eigenvalue weighted by Crippen LogP contribution is -2.63. The molecule has 1 aromatic rings. The van der Waals surface area contributed by atoms with E-state index in [1.165, 1.54) is 0 Å². The van der Waals surface area contributed by atoms with Gasteiger partial charge in [-0.1, -0.05) is 0 Å². The number of hydrogen-bond acceptors (Lipinski definition) is 14. The number of rotatable bonds is 11. The zero-order chi connectivity index (χ0) is 26.8. The lowest BCUT2D eigenvalue weighted by Gasteiger charge is -2.48. The molecule has 0 aliphatic carbocycles. The number of morpholine rings is 1. The van der Waals surface area contributed by atoms with Crippen LogP contribution in [0.4, 0.5) is 5.82 Å². The normalized spacial score (nSPS) is 27.1. The van der Waals surface area contributed by atoms with Gasteiger partial charge in [-0.25, -0.2) is 23.0 Å². The number of aliphatic hydroxyl groups is 2. The standard InChI is InChI=1S/C12H21N4O16P3/c13-8-1-2-16(11(21)14-8)10-7(4-17)15(3-9(19)20)5-12(6-18,29-10)30-34(25,26)32-35(27,28)31-33(22,23)24/h1-2,7,10,17-18H,3-6H2,(H,19,20)(H,25,26)(H,27,28)(H2,13,14,21)(H2,22,23,24). The van der Waals surface area contributed by atoms with Crippen LogP contribution in [-0.2, 0) is 36.4 Å². The van der Waals surface area contributed by atoms with Gasteiger partial charge in [0, 0.05) is 6.20 Å². The molecule has 5 unspecified atom stereocenters. The maximum Gasteiger partial charge on any atom is 0.490 e. The number of carbonyl (C=O) groups is 1. The van der Waals surface area contributed by atoms with Crippen LogP contribution in [0.15, 0.2) is 17.1 Å². The maximum absolute atomic E-state index is 12.4. The summed E-state index contributed by atoms with van der Waals surface area (Å²) in [5.74, 6) is -4.50. The Balaban J connectivity index is 2.49. The first-order chi connectivity index (χ1) is 15.9. The largest absolute Gasteiger partial charge is 0.490 e. The van der Waals surface area contributed by atoms with Crippen LogP contribution >= 0.6 is 23.5 Å². The molecule has 0 amide bonds.